The van der Waals surface area contributed by atoms with Gasteiger partial charge in [0.15, 0.2) is 0 Å². The molecule has 0 unspecified atom stereocenters. The van der Waals surface area contributed by atoms with Crippen LogP contribution < -0.4 is 5.32 Å². The molecule has 0 aromatic carbocycles. The predicted octanol–water partition coefficient (Wildman–Crippen LogP) is 2.23. The monoisotopic (exact) mass is 207 g/mol. The Hall–Kier alpha value is -1.06. The summed E-state index contributed by atoms with van der Waals surface area (Å²) in [5.74, 6) is 1.86. The molecule has 1 saturated carbocycles. The summed E-state index contributed by atoms with van der Waals surface area (Å²) < 4.78 is 10.9. The molecule has 1 fully saturated rings. The molecule has 0 bridgehead atoms. The van der Waals surface area contributed by atoms with Gasteiger partial charge in [-0.15, -0.1) is 6.58 Å². The van der Waals surface area contributed by atoms with Crippen LogP contribution in [0.25, 0.3) is 0 Å². The molecule has 82 valence electrons. The molecular weight excluding hydrogens is 190 g/mol. The Labute approximate surface area is 90.1 Å². The van der Waals surface area contributed by atoms with Crippen LogP contribution in [0.5, 0.6) is 0 Å². The normalized spacial score (nSPS) is 15.5. The third kappa shape index (κ3) is 3.53. The van der Waals surface area contributed by atoms with Crippen molar-refractivity contribution in [3.63, 3.8) is 0 Å². The molecule has 0 atom stereocenters. The molecule has 1 aromatic heterocycles. The highest BCUT2D eigenvalue weighted by atomic mass is 16.5. The second-order valence-electron chi connectivity index (χ2n) is 3.83. The van der Waals surface area contributed by atoms with Gasteiger partial charge in [-0.05, 0) is 25.0 Å². The van der Waals surface area contributed by atoms with Crippen molar-refractivity contribution in [2.45, 2.75) is 32.0 Å². The molecule has 1 aromatic rings. The van der Waals surface area contributed by atoms with Crippen LogP contribution >= 0.6 is 0 Å². The fraction of sp³-hybridized carbons (Fsp3) is 0.500. The molecular formula is C12H17NO2. The number of ether oxygens (including phenoxy) is 1. The predicted molar refractivity (Wildman–Crippen MR) is 58.4 cm³/mol. The van der Waals surface area contributed by atoms with Crippen molar-refractivity contribution >= 4 is 0 Å². The Morgan fingerprint density at radius 1 is 1.47 bits per heavy atom. The lowest BCUT2D eigenvalue weighted by molar-refractivity contribution is 0.130. The largest absolute Gasteiger partial charge is 0.462 e. The summed E-state index contributed by atoms with van der Waals surface area (Å²) in [6.07, 6.45) is 4.34. The van der Waals surface area contributed by atoms with Crippen LogP contribution in [0.2, 0.25) is 0 Å². The minimum absolute atomic E-state index is 0.523. The van der Waals surface area contributed by atoms with Crippen LogP contribution in [0.1, 0.15) is 24.4 Å². The van der Waals surface area contributed by atoms with E-state index in [1.54, 1.807) is 6.08 Å². The van der Waals surface area contributed by atoms with Gasteiger partial charge in [0.25, 0.3) is 0 Å². The fourth-order valence-electron chi connectivity index (χ4n) is 1.37. The van der Waals surface area contributed by atoms with Gasteiger partial charge in [-0.1, -0.05) is 6.08 Å². The molecule has 1 N–H and O–H groups in total. The van der Waals surface area contributed by atoms with Gasteiger partial charge in [0.05, 0.1) is 13.2 Å². The van der Waals surface area contributed by atoms with E-state index in [1.165, 1.54) is 12.8 Å². The first kappa shape index (κ1) is 10.5. The maximum atomic E-state index is 5.59. The van der Waals surface area contributed by atoms with Crippen LogP contribution in [-0.4, -0.2) is 12.6 Å². The molecule has 1 aliphatic rings. The first-order valence-corrected chi connectivity index (χ1v) is 5.38. The molecule has 3 nitrogen and oxygen atoms in total. The van der Waals surface area contributed by atoms with E-state index in [2.05, 4.69) is 11.9 Å². The maximum Gasteiger partial charge on any atom is 0.129 e. The summed E-state index contributed by atoms with van der Waals surface area (Å²) in [5, 5.41) is 3.40. The van der Waals surface area contributed by atoms with E-state index in [-0.39, 0.29) is 0 Å². The van der Waals surface area contributed by atoms with Gasteiger partial charge in [0.1, 0.15) is 18.1 Å². The van der Waals surface area contributed by atoms with Gasteiger partial charge in [0.2, 0.25) is 0 Å². The SMILES string of the molecule is C=CCOCc1ccc(CNC2CC2)o1. The molecule has 1 heterocycles. The zero-order valence-corrected chi connectivity index (χ0v) is 8.87. The molecule has 2 rings (SSSR count). The second-order valence-corrected chi connectivity index (χ2v) is 3.83. The Bertz CT molecular complexity index is 315. The van der Waals surface area contributed by atoms with Gasteiger partial charge in [-0.25, -0.2) is 0 Å². The Morgan fingerprint density at radius 3 is 3.00 bits per heavy atom. The van der Waals surface area contributed by atoms with E-state index in [0.29, 0.717) is 13.2 Å². The van der Waals surface area contributed by atoms with Crippen molar-refractivity contribution in [1.29, 1.82) is 0 Å². The lowest BCUT2D eigenvalue weighted by Gasteiger charge is -1.99. The maximum absolute atomic E-state index is 5.59. The number of hydrogen-bond donors (Lipinski definition) is 1. The van der Waals surface area contributed by atoms with Gasteiger partial charge >= 0.3 is 0 Å². The van der Waals surface area contributed by atoms with Crippen molar-refractivity contribution in [1.82, 2.24) is 5.32 Å². The summed E-state index contributed by atoms with van der Waals surface area (Å²) in [4.78, 5) is 0. The molecule has 15 heavy (non-hydrogen) atoms. The molecule has 0 saturated heterocycles. The van der Waals surface area contributed by atoms with Crippen molar-refractivity contribution in [3.05, 3.63) is 36.3 Å². The number of furan rings is 1. The Kier molecular flexibility index (Phi) is 3.59. The minimum Gasteiger partial charge on any atom is -0.462 e. The van der Waals surface area contributed by atoms with E-state index in [4.69, 9.17) is 9.15 Å². The van der Waals surface area contributed by atoms with Gasteiger partial charge in [-0.3, -0.25) is 0 Å². The lowest BCUT2D eigenvalue weighted by atomic mass is 10.4. The van der Waals surface area contributed by atoms with E-state index < -0.39 is 0 Å². The summed E-state index contributed by atoms with van der Waals surface area (Å²) in [7, 11) is 0. The highest BCUT2D eigenvalue weighted by Crippen LogP contribution is 2.19. The van der Waals surface area contributed by atoms with E-state index in [0.717, 1.165) is 24.1 Å². The van der Waals surface area contributed by atoms with E-state index >= 15 is 0 Å². The summed E-state index contributed by atoms with van der Waals surface area (Å²) >= 11 is 0. The lowest BCUT2D eigenvalue weighted by Crippen LogP contribution is -2.14. The van der Waals surface area contributed by atoms with Gasteiger partial charge in [-0.2, -0.15) is 0 Å². The number of nitrogens with one attached hydrogen (secondary N) is 1. The molecule has 0 radical (unpaired) electrons. The standard InChI is InChI=1S/C12H17NO2/c1-2-7-14-9-12-6-5-11(15-12)8-13-10-3-4-10/h2,5-6,10,13H,1,3-4,7-9H2. The third-order valence-electron chi connectivity index (χ3n) is 2.34. The van der Waals surface area contributed by atoms with Crippen LogP contribution in [0.15, 0.2) is 29.2 Å². The van der Waals surface area contributed by atoms with Gasteiger partial charge < -0.3 is 14.5 Å². The van der Waals surface area contributed by atoms with Crippen LogP contribution in [0.3, 0.4) is 0 Å². The summed E-state index contributed by atoms with van der Waals surface area (Å²) in [6.45, 7) is 5.50. The molecule has 0 spiro atoms. The van der Waals surface area contributed by atoms with Crippen LogP contribution in [-0.2, 0) is 17.9 Å². The minimum atomic E-state index is 0.523. The topological polar surface area (TPSA) is 34.4 Å². The Balaban J connectivity index is 1.72. The van der Waals surface area contributed by atoms with Crippen LogP contribution in [0.4, 0.5) is 0 Å². The molecule has 1 aliphatic carbocycles. The average Bonchev–Trinajstić information content (AvgIpc) is 2.97. The highest BCUT2D eigenvalue weighted by Gasteiger charge is 2.20. The first-order valence-electron chi connectivity index (χ1n) is 5.38. The molecule has 3 heteroatoms. The molecule has 0 aliphatic heterocycles. The average molecular weight is 207 g/mol. The number of rotatable bonds is 7. The quantitative estimate of drug-likeness (QED) is 0.550. The van der Waals surface area contributed by atoms with Crippen molar-refractivity contribution in [2.24, 2.45) is 0 Å². The van der Waals surface area contributed by atoms with Crippen molar-refractivity contribution in [3.8, 4) is 0 Å². The van der Waals surface area contributed by atoms with Crippen LogP contribution in [0, 0.1) is 0 Å². The zero-order valence-electron chi connectivity index (χ0n) is 8.87. The van der Waals surface area contributed by atoms with Crippen molar-refractivity contribution in [2.75, 3.05) is 6.61 Å². The number of hydrogen-bond acceptors (Lipinski definition) is 3. The first-order chi connectivity index (χ1) is 7.38. The zero-order chi connectivity index (χ0) is 10.5. The summed E-state index contributed by atoms with van der Waals surface area (Å²) in [6, 6.07) is 4.69. The smallest absolute Gasteiger partial charge is 0.129 e. The summed E-state index contributed by atoms with van der Waals surface area (Å²) in [5.41, 5.74) is 0. The second kappa shape index (κ2) is 5.14. The fourth-order valence-corrected chi connectivity index (χ4v) is 1.37. The highest BCUT2D eigenvalue weighted by molar-refractivity contribution is 5.06. The third-order valence-corrected chi connectivity index (χ3v) is 2.34. The van der Waals surface area contributed by atoms with E-state index in [9.17, 15) is 0 Å². The van der Waals surface area contributed by atoms with Crippen molar-refractivity contribution < 1.29 is 9.15 Å². The Morgan fingerprint density at radius 2 is 2.27 bits per heavy atom. The molecule has 0 amide bonds. The van der Waals surface area contributed by atoms with E-state index in [1.807, 2.05) is 12.1 Å². The van der Waals surface area contributed by atoms with Gasteiger partial charge in [0, 0.05) is 6.04 Å².